The molecule has 2 aromatic heterocycles. The maximum Gasteiger partial charge on any atom is 0.160 e. The Morgan fingerprint density at radius 3 is 1.36 bits per heavy atom. The average Bonchev–Trinajstić information content (AvgIpc) is 3.75. The van der Waals surface area contributed by atoms with Gasteiger partial charge < -0.3 is 4.57 Å². The molecule has 67 heavy (non-hydrogen) atoms. The molecule has 0 aliphatic carbocycles. The second-order valence-corrected chi connectivity index (χ2v) is 17.0. The number of hydrogen-bond donors (Lipinski definition) is 0. The molecular formula is C64H43N3. The predicted octanol–water partition coefficient (Wildman–Crippen LogP) is 16.9. The third-order valence-electron chi connectivity index (χ3n) is 12.8. The van der Waals surface area contributed by atoms with E-state index in [-0.39, 0.29) is 0 Å². The zero-order chi connectivity index (χ0) is 44.5. The number of benzene rings is 10. The van der Waals surface area contributed by atoms with Crippen LogP contribution in [-0.4, -0.2) is 14.5 Å². The molecule has 3 nitrogen and oxygen atoms in total. The Hall–Kier alpha value is -8.92. The first kappa shape index (κ1) is 39.7. The highest BCUT2D eigenvalue weighted by Crippen LogP contribution is 2.45. The van der Waals surface area contributed by atoms with Gasteiger partial charge in [0.25, 0.3) is 0 Å². The van der Waals surface area contributed by atoms with Crippen LogP contribution in [0.2, 0.25) is 0 Å². The summed E-state index contributed by atoms with van der Waals surface area (Å²) in [6.45, 7) is 0. The van der Waals surface area contributed by atoms with Crippen molar-refractivity contribution in [1.29, 1.82) is 0 Å². The maximum atomic E-state index is 5.09. The molecule has 0 saturated heterocycles. The van der Waals surface area contributed by atoms with Gasteiger partial charge in [-0.1, -0.05) is 206 Å². The normalized spacial score (nSPS) is 11.3. The Labute approximate surface area is 390 Å². The van der Waals surface area contributed by atoms with E-state index in [1.807, 2.05) is 24.3 Å². The first-order chi connectivity index (χ1) is 33.2. The van der Waals surface area contributed by atoms with Crippen molar-refractivity contribution in [2.24, 2.45) is 0 Å². The molecule has 0 atom stereocenters. The Balaban J connectivity index is 1.00. The fourth-order valence-electron chi connectivity index (χ4n) is 9.57. The topological polar surface area (TPSA) is 30.7 Å². The summed E-state index contributed by atoms with van der Waals surface area (Å²) in [5.74, 6) is 0.707. The van der Waals surface area contributed by atoms with Gasteiger partial charge in [0.05, 0.1) is 22.4 Å². The summed E-state index contributed by atoms with van der Waals surface area (Å²) in [7, 11) is 0. The van der Waals surface area contributed by atoms with Gasteiger partial charge >= 0.3 is 0 Å². The second kappa shape index (κ2) is 17.2. The fraction of sp³-hybridized carbons (Fsp3) is 0. The van der Waals surface area contributed by atoms with Gasteiger partial charge in [-0.05, 0) is 110 Å². The van der Waals surface area contributed by atoms with Crippen LogP contribution in [0.5, 0.6) is 0 Å². The lowest BCUT2D eigenvalue weighted by atomic mass is 9.84. The van der Waals surface area contributed by atoms with Crippen LogP contribution in [0.4, 0.5) is 0 Å². The molecule has 0 amide bonds. The van der Waals surface area contributed by atoms with E-state index in [0.717, 1.165) is 50.5 Å². The van der Waals surface area contributed by atoms with Crippen molar-refractivity contribution >= 4 is 21.8 Å². The van der Waals surface area contributed by atoms with Crippen molar-refractivity contribution < 1.29 is 0 Å². The molecule has 314 valence electrons. The summed E-state index contributed by atoms with van der Waals surface area (Å²) in [6, 6.07) is 93.3. The second-order valence-electron chi connectivity index (χ2n) is 17.0. The number of nitrogens with zero attached hydrogens (tertiary/aromatic N) is 3. The van der Waals surface area contributed by atoms with Gasteiger partial charge in [-0.3, -0.25) is 0 Å². The van der Waals surface area contributed by atoms with E-state index < -0.39 is 0 Å². The fourth-order valence-corrected chi connectivity index (χ4v) is 9.57. The van der Waals surface area contributed by atoms with Crippen LogP contribution < -0.4 is 0 Å². The molecule has 0 bridgehead atoms. The van der Waals surface area contributed by atoms with Gasteiger partial charge in [-0.25, -0.2) is 9.97 Å². The van der Waals surface area contributed by atoms with E-state index in [4.69, 9.17) is 9.97 Å². The minimum atomic E-state index is 0.707. The van der Waals surface area contributed by atoms with Gasteiger partial charge in [0.2, 0.25) is 0 Å². The standard InChI is InChI=1S/C64H43N3/c1-6-19-44(20-7-1)53-41-56(63(48-23-10-3-11-24-48)57(42-53)52-37-38-62-58(40-52)55-31-16-17-32-61(55)67(62)54-29-14-5-15-30-54)51-28-18-27-50(39-51)45-33-35-47(36-34-45)60-43-59(46-21-8-2-9-22-46)65-64(66-60)49-25-12-4-13-26-49/h1-43H. The van der Waals surface area contributed by atoms with Crippen LogP contribution in [0.3, 0.4) is 0 Å². The van der Waals surface area contributed by atoms with E-state index >= 15 is 0 Å². The Bertz CT molecular complexity index is 3640. The molecule has 0 saturated carbocycles. The van der Waals surface area contributed by atoms with E-state index in [2.05, 4.69) is 241 Å². The third-order valence-corrected chi connectivity index (χ3v) is 12.8. The highest BCUT2D eigenvalue weighted by molar-refractivity contribution is 6.11. The van der Waals surface area contributed by atoms with Crippen molar-refractivity contribution in [2.45, 2.75) is 0 Å². The van der Waals surface area contributed by atoms with Crippen molar-refractivity contribution in [1.82, 2.24) is 14.5 Å². The SMILES string of the molecule is c1ccc(-c2cc(-c3cccc(-c4ccc(-c5cc(-c6ccccc6)nc(-c6ccccc6)n5)cc4)c3)c(-c3ccccc3)c(-c3ccc4c(c3)c3ccccc3n4-c3ccccc3)c2)cc1. The molecule has 3 heteroatoms. The highest BCUT2D eigenvalue weighted by Gasteiger charge is 2.20. The van der Waals surface area contributed by atoms with Gasteiger partial charge in [0.1, 0.15) is 0 Å². The van der Waals surface area contributed by atoms with Crippen LogP contribution in [0.25, 0.3) is 117 Å². The van der Waals surface area contributed by atoms with Crippen molar-refractivity contribution in [2.75, 3.05) is 0 Å². The minimum Gasteiger partial charge on any atom is -0.309 e. The summed E-state index contributed by atoms with van der Waals surface area (Å²) < 4.78 is 2.38. The number of aromatic nitrogens is 3. The molecule has 0 aliphatic heterocycles. The van der Waals surface area contributed by atoms with Crippen molar-refractivity contribution in [3.8, 4) is 95.2 Å². The number of rotatable bonds is 9. The monoisotopic (exact) mass is 853 g/mol. The molecular weight excluding hydrogens is 811 g/mol. The smallest absolute Gasteiger partial charge is 0.160 e. The van der Waals surface area contributed by atoms with E-state index in [0.29, 0.717) is 5.82 Å². The lowest BCUT2D eigenvalue weighted by Crippen LogP contribution is -1.96. The lowest BCUT2D eigenvalue weighted by molar-refractivity contribution is 1.18. The molecule has 0 unspecified atom stereocenters. The third kappa shape index (κ3) is 7.59. The summed E-state index contributed by atoms with van der Waals surface area (Å²) in [5.41, 5.74) is 20.1. The van der Waals surface area contributed by atoms with Gasteiger partial charge in [0.15, 0.2) is 5.82 Å². The van der Waals surface area contributed by atoms with Crippen LogP contribution in [0.1, 0.15) is 0 Å². The van der Waals surface area contributed by atoms with Gasteiger partial charge in [-0.15, -0.1) is 0 Å². The largest absolute Gasteiger partial charge is 0.309 e. The van der Waals surface area contributed by atoms with E-state index in [1.165, 1.54) is 60.8 Å². The van der Waals surface area contributed by atoms with Crippen molar-refractivity contribution in [3.05, 3.63) is 261 Å². The maximum absolute atomic E-state index is 5.09. The Morgan fingerprint density at radius 1 is 0.254 bits per heavy atom. The van der Waals surface area contributed by atoms with Crippen LogP contribution in [-0.2, 0) is 0 Å². The molecule has 12 aromatic rings. The first-order valence-electron chi connectivity index (χ1n) is 22.8. The van der Waals surface area contributed by atoms with Crippen molar-refractivity contribution in [3.63, 3.8) is 0 Å². The Morgan fingerprint density at radius 2 is 0.701 bits per heavy atom. The van der Waals surface area contributed by atoms with Gasteiger partial charge in [-0.2, -0.15) is 0 Å². The number of para-hydroxylation sites is 2. The highest BCUT2D eigenvalue weighted by atomic mass is 15.0. The zero-order valence-corrected chi connectivity index (χ0v) is 36.7. The van der Waals surface area contributed by atoms with Crippen LogP contribution >= 0.6 is 0 Å². The first-order valence-corrected chi connectivity index (χ1v) is 22.8. The molecule has 2 heterocycles. The van der Waals surface area contributed by atoms with Crippen LogP contribution in [0.15, 0.2) is 261 Å². The average molecular weight is 854 g/mol. The minimum absolute atomic E-state index is 0.707. The molecule has 10 aromatic carbocycles. The number of hydrogen-bond acceptors (Lipinski definition) is 2. The number of fused-ring (bicyclic) bond motifs is 3. The zero-order valence-electron chi connectivity index (χ0n) is 36.7. The predicted molar refractivity (Wildman–Crippen MR) is 280 cm³/mol. The molecule has 12 rings (SSSR count). The molecule has 0 aliphatic rings. The van der Waals surface area contributed by atoms with Gasteiger partial charge in [0, 0.05) is 33.2 Å². The summed E-state index contributed by atoms with van der Waals surface area (Å²) in [6.07, 6.45) is 0. The van der Waals surface area contributed by atoms with Crippen LogP contribution in [0, 0.1) is 0 Å². The molecule has 0 radical (unpaired) electrons. The molecule has 0 N–H and O–H groups in total. The summed E-state index contributed by atoms with van der Waals surface area (Å²) in [5, 5.41) is 2.46. The Kier molecular flexibility index (Phi) is 10.2. The summed E-state index contributed by atoms with van der Waals surface area (Å²) >= 11 is 0. The summed E-state index contributed by atoms with van der Waals surface area (Å²) in [4.78, 5) is 10.1. The molecule has 0 fully saturated rings. The lowest BCUT2D eigenvalue weighted by Gasteiger charge is -2.20. The molecule has 0 spiro atoms. The van der Waals surface area contributed by atoms with E-state index in [9.17, 15) is 0 Å². The van der Waals surface area contributed by atoms with E-state index in [1.54, 1.807) is 0 Å². The quantitative estimate of drug-likeness (QED) is 0.145.